The molecule has 0 aromatic heterocycles. The van der Waals surface area contributed by atoms with Gasteiger partial charge in [0.1, 0.15) is 5.75 Å². The van der Waals surface area contributed by atoms with E-state index in [-0.39, 0.29) is 17.5 Å². The van der Waals surface area contributed by atoms with Gasteiger partial charge in [0.05, 0.1) is 12.1 Å². The number of methoxy groups -OCH3 is 1. The van der Waals surface area contributed by atoms with Crippen molar-refractivity contribution in [2.24, 2.45) is 4.99 Å². The van der Waals surface area contributed by atoms with Crippen LogP contribution in [0, 0.1) is 0 Å². The molecule has 0 spiro atoms. The highest BCUT2D eigenvalue weighted by atomic mass is 35.5. The van der Waals surface area contributed by atoms with E-state index in [2.05, 4.69) is 10.3 Å². The van der Waals surface area contributed by atoms with E-state index in [0.29, 0.717) is 27.6 Å². The van der Waals surface area contributed by atoms with Crippen LogP contribution in [-0.2, 0) is 14.3 Å². The summed E-state index contributed by atoms with van der Waals surface area (Å²) >= 11 is 6.09. The minimum Gasteiger partial charge on any atom is -0.495 e. The Morgan fingerprint density at radius 2 is 1.96 bits per heavy atom. The van der Waals surface area contributed by atoms with Crippen LogP contribution in [0.4, 0.5) is 5.69 Å². The quantitative estimate of drug-likeness (QED) is 0.658. The molecule has 7 heteroatoms. The Hall–Kier alpha value is -3.12. The Labute approximate surface area is 155 Å². The first-order valence-corrected chi connectivity index (χ1v) is 8.08. The molecule has 1 amide bonds. The van der Waals surface area contributed by atoms with Crippen molar-refractivity contribution in [2.75, 3.05) is 12.4 Å². The van der Waals surface area contributed by atoms with E-state index in [4.69, 9.17) is 21.1 Å². The van der Waals surface area contributed by atoms with Gasteiger partial charge in [-0.15, -0.1) is 0 Å². The van der Waals surface area contributed by atoms with Crippen molar-refractivity contribution in [1.29, 1.82) is 0 Å². The van der Waals surface area contributed by atoms with Gasteiger partial charge in [0, 0.05) is 18.2 Å². The van der Waals surface area contributed by atoms with Crippen molar-refractivity contribution in [3.8, 4) is 5.75 Å². The van der Waals surface area contributed by atoms with Crippen molar-refractivity contribution in [3.63, 3.8) is 0 Å². The van der Waals surface area contributed by atoms with Gasteiger partial charge < -0.3 is 14.8 Å². The maximum Gasteiger partial charge on any atom is 0.363 e. The summed E-state index contributed by atoms with van der Waals surface area (Å²) < 4.78 is 10.3. The predicted molar refractivity (Wildman–Crippen MR) is 99.4 cm³/mol. The van der Waals surface area contributed by atoms with E-state index in [0.717, 1.165) is 0 Å². The Balaban J connectivity index is 1.84. The van der Waals surface area contributed by atoms with Gasteiger partial charge >= 0.3 is 5.97 Å². The fourth-order valence-corrected chi connectivity index (χ4v) is 2.63. The highest BCUT2D eigenvalue weighted by molar-refractivity contribution is 6.32. The Morgan fingerprint density at radius 3 is 2.58 bits per heavy atom. The number of esters is 1. The molecule has 0 fully saturated rings. The number of benzene rings is 2. The number of carbonyl (C=O) groups excluding carboxylic acids is 2. The average Bonchev–Trinajstić information content (AvgIpc) is 2.96. The summed E-state index contributed by atoms with van der Waals surface area (Å²) in [7, 11) is 1.53. The minimum absolute atomic E-state index is 0.161. The lowest BCUT2D eigenvalue weighted by Crippen LogP contribution is -2.07. The summed E-state index contributed by atoms with van der Waals surface area (Å²) in [5, 5.41) is 3.10. The van der Waals surface area contributed by atoms with Crippen molar-refractivity contribution >= 4 is 41.1 Å². The second-order valence-electron chi connectivity index (χ2n) is 5.49. The largest absolute Gasteiger partial charge is 0.495 e. The van der Waals surface area contributed by atoms with Crippen LogP contribution in [0.3, 0.4) is 0 Å². The molecule has 26 heavy (non-hydrogen) atoms. The van der Waals surface area contributed by atoms with Gasteiger partial charge in [0.25, 0.3) is 0 Å². The summed E-state index contributed by atoms with van der Waals surface area (Å²) in [5.41, 5.74) is 2.15. The molecule has 0 radical (unpaired) electrons. The van der Waals surface area contributed by atoms with E-state index >= 15 is 0 Å². The molecule has 2 aromatic rings. The van der Waals surface area contributed by atoms with Gasteiger partial charge in [0.2, 0.25) is 11.8 Å². The third-order valence-corrected chi connectivity index (χ3v) is 3.85. The number of ether oxygens (including phenoxy) is 2. The zero-order valence-corrected chi connectivity index (χ0v) is 14.8. The number of nitrogens with one attached hydrogen (secondary N) is 1. The molecule has 0 saturated heterocycles. The molecule has 3 rings (SSSR count). The molecule has 0 aliphatic carbocycles. The molecule has 6 nitrogen and oxygen atoms in total. The van der Waals surface area contributed by atoms with Crippen molar-refractivity contribution < 1.29 is 19.1 Å². The number of hydrogen-bond acceptors (Lipinski definition) is 5. The number of aliphatic imine (C=N–C) groups is 1. The van der Waals surface area contributed by atoms with Gasteiger partial charge in [-0.05, 0) is 48.0 Å². The van der Waals surface area contributed by atoms with Gasteiger partial charge in [-0.2, -0.15) is 0 Å². The Morgan fingerprint density at radius 1 is 1.23 bits per heavy atom. The number of amides is 1. The number of nitrogens with zero attached hydrogens (tertiary/aromatic N) is 1. The lowest BCUT2D eigenvalue weighted by Gasteiger charge is -2.03. The highest BCUT2D eigenvalue weighted by Crippen LogP contribution is 2.27. The van der Waals surface area contributed by atoms with Gasteiger partial charge in [0.15, 0.2) is 5.70 Å². The van der Waals surface area contributed by atoms with Crippen molar-refractivity contribution in [3.05, 3.63) is 64.3 Å². The van der Waals surface area contributed by atoms with Crippen LogP contribution < -0.4 is 10.1 Å². The molecular formula is C19H15ClN2O4. The van der Waals surface area contributed by atoms with Crippen LogP contribution in [-0.4, -0.2) is 24.9 Å². The number of cyclic esters (lactones) is 1. The maximum absolute atomic E-state index is 12.1. The van der Waals surface area contributed by atoms with Crippen molar-refractivity contribution in [1.82, 2.24) is 0 Å². The first-order valence-electron chi connectivity index (χ1n) is 7.70. The Kier molecular flexibility index (Phi) is 5.04. The van der Waals surface area contributed by atoms with Crippen LogP contribution in [0.1, 0.15) is 18.1 Å². The number of hydrogen-bond donors (Lipinski definition) is 1. The summed E-state index contributed by atoms with van der Waals surface area (Å²) in [6.45, 7) is 1.43. The predicted octanol–water partition coefficient (Wildman–Crippen LogP) is 3.65. The summed E-state index contributed by atoms with van der Waals surface area (Å²) in [6.07, 6.45) is 1.59. The van der Waals surface area contributed by atoms with Gasteiger partial charge in [-0.1, -0.05) is 17.7 Å². The zero-order valence-electron chi connectivity index (χ0n) is 14.1. The fraction of sp³-hybridized carbons (Fsp3) is 0.105. The van der Waals surface area contributed by atoms with Crippen LogP contribution in [0.25, 0.3) is 6.08 Å². The molecule has 0 unspecified atom stereocenters. The number of carbonyl (C=O) groups is 2. The van der Waals surface area contributed by atoms with E-state index in [9.17, 15) is 9.59 Å². The smallest absolute Gasteiger partial charge is 0.363 e. The molecule has 1 N–H and O–H groups in total. The lowest BCUT2D eigenvalue weighted by molar-refractivity contribution is -0.129. The second-order valence-corrected chi connectivity index (χ2v) is 5.90. The van der Waals surface area contributed by atoms with Gasteiger partial charge in [-0.25, -0.2) is 9.79 Å². The SMILES string of the molecule is COc1ccc(C=C2N=C(c3ccc(NC(C)=O)cc3)OC2=O)cc1Cl. The number of anilines is 1. The molecule has 1 heterocycles. The summed E-state index contributed by atoms with van der Waals surface area (Å²) in [4.78, 5) is 27.4. The fourth-order valence-electron chi connectivity index (χ4n) is 2.36. The maximum atomic E-state index is 12.1. The van der Waals surface area contributed by atoms with Gasteiger partial charge in [-0.3, -0.25) is 4.79 Å². The third-order valence-electron chi connectivity index (χ3n) is 3.55. The van der Waals surface area contributed by atoms with E-state index in [1.54, 1.807) is 48.5 Å². The second kappa shape index (κ2) is 7.41. The molecule has 132 valence electrons. The summed E-state index contributed by atoms with van der Waals surface area (Å²) in [5.74, 6) is 0.0464. The highest BCUT2D eigenvalue weighted by Gasteiger charge is 2.24. The molecule has 1 aliphatic heterocycles. The first-order chi connectivity index (χ1) is 12.5. The normalized spacial score (nSPS) is 14.8. The Bertz CT molecular complexity index is 933. The molecule has 0 atom stereocenters. The lowest BCUT2D eigenvalue weighted by atomic mass is 10.2. The topological polar surface area (TPSA) is 77.0 Å². The van der Waals surface area contributed by atoms with Crippen LogP contribution in [0.2, 0.25) is 5.02 Å². The molecule has 0 saturated carbocycles. The molecule has 1 aliphatic rings. The summed E-state index contributed by atoms with van der Waals surface area (Å²) in [6, 6.07) is 12.0. The minimum atomic E-state index is -0.544. The zero-order chi connectivity index (χ0) is 18.7. The average molecular weight is 371 g/mol. The van der Waals surface area contributed by atoms with E-state index < -0.39 is 5.97 Å². The monoisotopic (exact) mass is 370 g/mol. The van der Waals surface area contributed by atoms with E-state index in [1.165, 1.54) is 14.0 Å². The van der Waals surface area contributed by atoms with Crippen LogP contribution in [0.5, 0.6) is 5.75 Å². The van der Waals surface area contributed by atoms with Crippen LogP contribution in [0.15, 0.2) is 53.2 Å². The van der Waals surface area contributed by atoms with Crippen molar-refractivity contribution in [2.45, 2.75) is 6.92 Å². The number of rotatable bonds is 4. The molecule has 2 aromatic carbocycles. The molecular weight excluding hydrogens is 356 g/mol. The third kappa shape index (κ3) is 3.92. The van der Waals surface area contributed by atoms with E-state index in [1.807, 2.05) is 0 Å². The van der Waals surface area contributed by atoms with Crippen LogP contribution >= 0.6 is 11.6 Å². The first kappa shape index (κ1) is 17.7. The molecule has 0 bridgehead atoms. The number of halogens is 1. The standard InChI is InChI=1S/C19H15ClN2O4/c1-11(23)21-14-6-4-13(5-7-14)18-22-16(19(24)26-18)10-12-3-8-17(25-2)15(20)9-12/h3-10H,1-2H3,(H,21,23).